The van der Waals surface area contributed by atoms with Gasteiger partial charge in [0.25, 0.3) is 0 Å². The third-order valence-electron chi connectivity index (χ3n) is 3.00. The van der Waals surface area contributed by atoms with E-state index in [0.29, 0.717) is 10.6 Å². The van der Waals surface area contributed by atoms with Crippen molar-refractivity contribution >= 4 is 29.1 Å². The van der Waals surface area contributed by atoms with Gasteiger partial charge in [0.05, 0.1) is 4.91 Å². The zero-order chi connectivity index (χ0) is 18.8. The zero-order valence-corrected chi connectivity index (χ0v) is 15.1. The number of rotatable bonds is 5. The fourth-order valence-corrected chi connectivity index (χ4v) is 2.96. The highest BCUT2D eigenvalue weighted by Gasteiger charge is 2.37. The lowest BCUT2D eigenvalue weighted by Gasteiger charge is -2.11. The van der Waals surface area contributed by atoms with Crippen molar-refractivity contribution < 1.29 is 18.0 Å². The van der Waals surface area contributed by atoms with Gasteiger partial charge in [0.2, 0.25) is 11.6 Å². The molecule has 2 aromatic rings. The zero-order valence-electron chi connectivity index (χ0n) is 13.5. The molecule has 0 aliphatic carbocycles. The number of thioether (sulfide) groups is 1. The molecule has 5 nitrogen and oxygen atoms in total. The summed E-state index contributed by atoms with van der Waals surface area (Å²) in [6.45, 7) is 0. The minimum absolute atomic E-state index is 0.0391. The standard InChI is InChI=1S/C15H14ClF3N4OS/c1-22(2)8-11(12(24)9-4-6-10(16)7-5-9)25-14-21-20-13(23(14)3)15(17,18)19/h4-8H,1-3H3/b11-8+. The molecule has 0 saturated carbocycles. The number of carbonyl (C=O) groups is 1. The third-order valence-corrected chi connectivity index (χ3v) is 4.30. The Morgan fingerprint density at radius 2 is 1.84 bits per heavy atom. The van der Waals surface area contributed by atoms with Crippen molar-refractivity contribution in [2.24, 2.45) is 7.05 Å². The summed E-state index contributed by atoms with van der Waals surface area (Å²) >= 11 is 6.62. The van der Waals surface area contributed by atoms with Gasteiger partial charge in [0, 0.05) is 37.9 Å². The minimum Gasteiger partial charge on any atom is -0.382 e. The van der Waals surface area contributed by atoms with E-state index in [2.05, 4.69) is 10.2 Å². The van der Waals surface area contributed by atoms with Gasteiger partial charge < -0.3 is 9.47 Å². The molecule has 10 heteroatoms. The van der Waals surface area contributed by atoms with E-state index in [1.807, 2.05) is 0 Å². The van der Waals surface area contributed by atoms with Crippen molar-refractivity contribution in [1.82, 2.24) is 19.7 Å². The molecule has 1 aromatic carbocycles. The summed E-state index contributed by atoms with van der Waals surface area (Å²) in [6.07, 6.45) is -3.10. The molecule has 0 saturated heterocycles. The Bertz CT molecular complexity index is 800. The van der Waals surface area contributed by atoms with Gasteiger partial charge in [-0.15, -0.1) is 10.2 Å². The number of hydrogen-bond donors (Lipinski definition) is 0. The van der Waals surface area contributed by atoms with Crippen LogP contribution in [-0.2, 0) is 13.2 Å². The first-order chi connectivity index (χ1) is 11.6. The van der Waals surface area contributed by atoms with E-state index in [0.717, 1.165) is 16.3 Å². The minimum atomic E-state index is -4.62. The van der Waals surface area contributed by atoms with Gasteiger partial charge in [-0.05, 0) is 36.0 Å². The Kier molecular flexibility index (Phi) is 5.79. The molecule has 25 heavy (non-hydrogen) atoms. The number of ketones is 1. The number of Topliss-reactive ketones (excluding diaryl/α,β-unsaturated/α-hetero) is 1. The monoisotopic (exact) mass is 390 g/mol. The summed E-state index contributed by atoms with van der Waals surface area (Å²) in [5.74, 6) is -1.48. The Balaban J connectivity index is 2.35. The predicted molar refractivity (Wildman–Crippen MR) is 89.4 cm³/mol. The highest BCUT2D eigenvalue weighted by molar-refractivity contribution is 8.03. The SMILES string of the molecule is CN(C)/C=C(/Sc1nnc(C(F)(F)F)n1C)C(=O)c1ccc(Cl)cc1. The summed E-state index contributed by atoms with van der Waals surface area (Å²) in [4.78, 5) is 14.5. The van der Waals surface area contributed by atoms with Crippen molar-refractivity contribution in [2.75, 3.05) is 14.1 Å². The van der Waals surface area contributed by atoms with Gasteiger partial charge in [-0.3, -0.25) is 4.79 Å². The van der Waals surface area contributed by atoms with Crippen LogP contribution in [0.3, 0.4) is 0 Å². The van der Waals surface area contributed by atoms with Gasteiger partial charge in [0.15, 0.2) is 5.16 Å². The number of hydrogen-bond acceptors (Lipinski definition) is 5. The van der Waals surface area contributed by atoms with E-state index < -0.39 is 12.0 Å². The molecule has 0 fully saturated rings. The predicted octanol–water partition coefficient (Wildman–Crippen LogP) is 3.87. The molecule has 0 N–H and O–H groups in total. The normalized spacial score (nSPS) is 12.4. The number of alkyl halides is 3. The van der Waals surface area contributed by atoms with Crippen LogP contribution in [0, 0.1) is 0 Å². The van der Waals surface area contributed by atoms with Gasteiger partial charge in [0.1, 0.15) is 0 Å². The average molecular weight is 391 g/mol. The molecule has 0 atom stereocenters. The molecule has 0 spiro atoms. The van der Waals surface area contributed by atoms with E-state index in [1.165, 1.54) is 13.2 Å². The fraction of sp³-hybridized carbons (Fsp3) is 0.267. The van der Waals surface area contributed by atoms with Gasteiger partial charge >= 0.3 is 6.18 Å². The number of carbonyl (C=O) groups excluding carboxylic acids is 1. The molecule has 0 amide bonds. The lowest BCUT2D eigenvalue weighted by molar-refractivity contribution is -0.147. The average Bonchev–Trinajstić information content (AvgIpc) is 2.87. The fourth-order valence-electron chi connectivity index (χ4n) is 1.86. The second kappa shape index (κ2) is 7.49. The summed E-state index contributed by atoms with van der Waals surface area (Å²) in [6, 6.07) is 6.23. The van der Waals surface area contributed by atoms with Crippen LogP contribution >= 0.6 is 23.4 Å². The highest BCUT2D eigenvalue weighted by Crippen LogP contribution is 2.33. The molecule has 1 aromatic heterocycles. The van der Waals surface area contributed by atoms with E-state index >= 15 is 0 Å². The maximum Gasteiger partial charge on any atom is 0.451 e. The molecule has 1 heterocycles. The Morgan fingerprint density at radius 1 is 1.24 bits per heavy atom. The topological polar surface area (TPSA) is 51.0 Å². The molecule has 134 valence electrons. The number of allylic oxidation sites excluding steroid dienone is 1. The second-order valence-corrected chi connectivity index (χ2v) is 6.70. The van der Waals surface area contributed by atoms with Crippen molar-refractivity contribution in [3.63, 3.8) is 0 Å². The molecule has 0 radical (unpaired) electrons. The van der Waals surface area contributed by atoms with Gasteiger partial charge in [-0.25, -0.2) is 0 Å². The van der Waals surface area contributed by atoms with Crippen LogP contribution in [0.2, 0.25) is 5.02 Å². The van der Waals surface area contributed by atoms with Crippen LogP contribution in [0.15, 0.2) is 40.5 Å². The Hall–Kier alpha value is -2.00. The molecule has 0 bridgehead atoms. The highest BCUT2D eigenvalue weighted by atomic mass is 35.5. The van der Waals surface area contributed by atoms with Crippen LogP contribution in [-0.4, -0.2) is 39.5 Å². The summed E-state index contributed by atoms with van der Waals surface area (Å²) in [5, 5.41) is 7.14. The van der Waals surface area contributed by atoms with Crippen LogP contribution < -0.4 is 0 Å². The van der Waals surface area contributed by atoms with Crippen LogP contribution in [0.5, 0.6) is 0 Å². The summed E-state index contributed by atoms with van der Waals surface area (Å²) in [7, 11) is 4.60. The summed E-state index contributed by atoms with van der Waals surface area (Å²) in [5.41, 5.74) is 0.364. The number of aromatic nitrogens is 3. The van der Waals surface area contributed by atoms with Crippen LogP contribution in [0.25, 0.3) is 0 Å². The molecular formula is C15H14ClF3N4OS. The molecule has 0 unspecified atom stereocenters. The largest absolute Gasteiger partial charge is 0.451 e. The van der Waals surface area contributed by atoms with Gasteiger partial charge in [-0.1, -0.05) is 11.6 Å². The number of halogens is 4. The quantitative estimate of drug-likeness (QED) is 0.441. The number of nitrogens with zero attached hydrogens (tertiary/aromatic N) is 4. The molecule has 2 rings (SSSR count). The lowest BCUT2D eigenvalue weighted by atomic mass is 10.1. The van der Waals surface area contributed by atoms with E-state index in [-0.39, 0.29) is 15.8 Å². The smallest absolute Gasteiger partial charge is 0.382 e. The van der Waals surface area contributed by atoms with Crippen LogP contribution in [0.4, 0.5) is 13.2 Å². The van der Waals surface area contributed by atoms with Crippen molar-refractivity contribution in [3.8, 4) is 0 Å². The van der Waals surface area contributed by atoms with Crippen molar-refractivity contribution in [2.45, 2.75) is 11.3 Å². The maximum absolute atomic E-state index is 12.8. The maximum atomic E-state index is 12.8. The van der Waals surface area contributed by atoms with Crippen LogP contribution in [0.1, 0.15) is 16.2 Å². The van der Waals surface area contributed by atoms with E-state index in [4.69, 9.17) is 11.6 Å². The first-order valence-electron chi connectivity index (χ1n) is 6.92. The first kappa shape index (κ1) is 19.3. The Labute approximate surface area is 151 Å². The number of benzene rings is 1. The summed E-state index contributed by atoms with van der Waals surface area (Å²) < 4.78 is 39.3. The lowest BCUT2D eigenvalue weighted by Crippen LogP contribution is -2.13. The Morgan fingerprint density at radius 3 is 2.32 bits per heavy atom. The third kappa shape index (κ3) is 4.76. The first-order valence-corrected chi connectivity index (χ1v) is 8.12. The van der Waals surface area contributed by atoms with Crippen molar-refractivity contribution in [1.29, 1.82) is 0 Å². The van der Waals surface area contributed by atoms with E-state index in [9.17, 15) is 18.0 Å². The molecule has 0 aliphatic heterocycles. The van der Waals surface area contributed by atoms with Crippen molar-refractivity contribution in [3.05, 3.63) is 51.8 Å². The molecular weight excluding hydrogens is 377 g/mol. The van der Waals surface area contributed by atoms with Gasteiger partial charge in [-0.2, -0.15) is 13.2 Å². The second-order valence-electron chi connectivity index (χ2n) is 5.26. The molecule has 0 aliphatic rings. The van der Waals surface area contributed by atoms with E-state index in [1.54, 1.807) is 43.3 Å².